The summed E-state index contributed by atoms with van der Waals surface area (Å²) in [6.07, 6.45) is 2.25. The van der Waals surface area contributed by atoms with Gasteiger partial charge in [0.2, 0.25) is 5.91 Å². The molecular formula is C20H18FN5O3. The van der Waals surface area contributed by atoms with Gasteiger partial charge in [0.05, 0.1) is 24.5 Å². The summed E-state index contributed by atoms with van der Waals surface area (Å²) in [6, 6.07) is 11.7. The van der Waals surface area contributed by atoms with Crippen molar-refractivity contribution in [2.75, 3.05) is 18.0 Å². The number of benzene rings is 1. The Labute approximate surface area is 165 Å². The van der Waals surface area contributed by atoms with E-state index < -0.39 is 18.0 Å². The van der Waals surface area contributed by atoms with E-state index in [2.05, 4.69) is 15.4 Å². The number of amides is 2. The zero-order chi connectivity index (χ0) is 20.4. The third kappa shape index (κ3) is 3.93. The molecule has 0 aliphatic carbocycles. The summed E-state index contributed by atoms with van der Waals surface area (Å²) < 4.78 is 21.4. The lowest BCUT2D eigenvalue weighted by atomic mass is 10.2. The van der Waals surface area contributed by atoms with E-state index in [4.69, 9.17) is 4.74 Å². The van der Waals surface area contributed by atoms with Gasteiger partial charge in [-0.15, -0.1) is 0 Å². The number of hydrogen-bond acceptors (Lipinski definition) is 5. The lowest BCUT2D eigenvalue weighted by molar-refractivity contribution is -0.119. The molecule has 1 aliphatic rings. The van der Waals surface area contributed by atoms with Crippen LogP contribution in [0.4, 0.5) is 14.9 Å². The van der Waals surface area contributed by atoms with E-state index in [0.29, 0.717) is 17.1 Å². The molecule has 1 atom stereocenters. The highest BCUT2D eigenvalue weighted by molar-refractivity contribution is 5.90. The van der Waals surface area contributed by atoms with Crippen LogP contribution in [0.15, 0.2) is 54.9 Å². The maximum atomic E-state index is 14.8. The van der Waals surface area contributed by atoms with Gasteiger partial charge in [0.25, 0.3) is 0 Å². The van der Waals surface area contributed by atoms with Gasteiger partial charge in [-0.2, -0.15) is 5.10 Å². The minimum atomic E-state index is -0.580. The van der Waals surface area contributed by atoms with Gasteiger partial charge in [-0.3, -0.25) is 14.7 Å². The average Bonchev–Trinajstić information content (AvgIpc) is 3.34. The molecule has 1 fully saturated rings. The summed E-state index contributed by atoms with van der Waals surface area (Å²) in [5, 5.41) is 6.98. The maximum absolute atomic E-state index is 14.8. The molecule has 29 heavy (non-hydrogen) atoms. The number of halogens is 1. The smallest absolute Gasteiger partial charge is 0.414 e. The Morgan fingerprint density at radius 1 is 1.28 bits per heavy atom. The van der Waals surface area contributed by atoms with Crippen LogP contribution >= 0.6 is 0 Å². The van der Waals surface area contributed by atoms with Crippen molar-refractivity contribution in [2.24, 2.45) is 0 Å². The van der Waals surface area contributed by atoms with Crippen LogP contribution in [0.2, 0.25) is 0 Å². The molecule has 2 aromatic heterocycles. The summed E-state index contributed by atoms with van der Waals surface area (Å²) in [6.45, 7) is 1.82. The monoisotopic (exact) mass is 395 g/mol. The van der Waals surface area contributed by atoms with Crippen molar-refractivity contribution in [3.63, 3.8) is 0 Å². The van der Waals surface area contributed by atoms with E-state index in [9.17, 15) is 14.0 Å². The summed E-state index contributed by atoms with van der Waals surface area (Å²) in [5.41, 5.74) is 1.93. The van der Waals surface area contributed by atoms with Crippen molar-refractivity contribution < 1.29 is 18.7 Å². The fourth-order valence-electron chi connectivity index (χ4n) is 3.05. The van der Waals surface area contributed by atoms with Crippen LogP contribution < -0.4 is 10.2 Å². The predicted octanol–water partition coefficient (Wildman–Crippen LogP) is 2.53. The molecule has 1 saturated heterocycles. The quantitative estimate of drug-likeness (QED) is 0.717. The zero-order valence-corrected chi connectivity index (χ0v) is 15.6. The highest BCUT2D eigenvalue weighted by Gasteiger charge is 2.32. The summed E-state index contributed by atoms with van der Waals surface area (Å²) >= 11 is 0. The second kappa shape index (κ2) is 7.70. The first-order valence-corrected chi connectivity index (χ1v) is 9.01. The van der Waals surface area contributed by atoms with Crippen LogP contribution in [-0.4, -0.2) is 46.0 Å². The largest absolute Gasteiger partial charge is 0.442 e. The minimum Gasteiger partial charge on any atom is -0.442 e. The first kappa shape index (κ1) is 18.6. The molecule has 1 aliphatic heterocycles. The van der Waals surface area contributed by atoms with Crippen molar-refractivity contribution >= 4 is 17.7 Å². The number of nitrogens with zero attached hydrogens (tertiary/aromatic N) is 4. The normalized spacial score (nSPS) is 16.0. The van der Waals surface area contributed by atoms with Crippen molar-refractivity contribution in [3.05, 3.63) is 60.7 Å². The van der Waals surface area contributed by atoms with E-state index in [0.717, 1.165) is 0 Å². The van der Waals surface area contributed by atoms with Crippen LogP contribution in [0.5, 0.6) is 0 Å². The first-order chi connectivity index (χ1) is 14.0. The van der Waals surface area contributed by atoms with E-state index in [-0.39, 0.29) is 24.7 Å². The number of aromatic nitrogens is 3. The molecule has 4 rings (SSSR count). The standard InChI is InChI=1S/C20H18FN5O3/c1-13(27)23-11-15-12-25(20(28)29-15)14-5-6-19(16(21)10-14)26-9-7-18(24-26)17-4-2-3-8-22-17/h2-10,15H,11-12H2,1H3,(H,23,27). The van der Waals surface area contributed by atoms with E-state index in [1.807, 2.05) is 18.2 Å². The third-order valence-corrected chi connectivity index (χ3v) is 4.46. The molecule has 148 valence electrons. The molecule has 0 spiro atoms. The first-order valence-electron chi connectivity index (χ1n) is 9.01. The molecule has 3 aromatic rings. The fraction of sp³-hybridized carbons (Fsp3) is 0.200. The van der Waals surface area contributed by atoms with Gasteiger partial charge in [0, 0.05) is 19.3 Å². The molecule has 0 bridgehead atoms. The van der Waals surface area contributed by atoms with E-state index in [1.54, 1.807) is 30.6 Å². The number of ether oxygens (including phenoxy) is 1. The van der Waals surface area contributed by atoms with Crippen LogP contribution in [0.3, 0.4) is 0 Å². The van der Waals surface area contributed by atoms with Crippen LogP contribution in [0.1, 0.15) is 6.92 Å². The lowest BCUT2D eigenvalue weighted by Crippen LogP contribution is -2.33. The van der Waals surface area contributed by atoms with Gasteiger partial charge < -0.3 is 10.1 Å². The number of anilines is 1. The molecule has 3 heterocycles. The number of nitrogens with one attached hydrogen (secondary N) is 1. The van der Waals surface area contributed by atoms with Gasteiger partial charge >= 0.3 is 6.09 Å². The Kier molecular flexibility index (Phi) is 4.94. The summed E-state index contributed by atoms with van der Waals surface area (Å²) in [5.74, 6) is -0.740. The van der Waals surface area contributed by atoms with Gasteiger partial charge in [-0.25, -0.2) is 13.9 Å². The fourth-order valence-corrected chi connectivity index (χ4v) is 3.05. The van der Waals surface area contributed by atoms with Crippen LogP contribution in [-0.2, 0) is 9.53 Å². The molecule has 8 nitrogen and oxygen atoms in total. The second-order valence-corrected chi connectivity index (χ2v) is 6.55. The van der Waals surface area contributed by atoms with Gasteiger partial charge in [0.15, 0.2) is 5.82 Å². The van der Waals surface area contributed by atoms with Gasteiger partial charge in [0.1, 0.15) is 17.5 Å². The molecule has 1 unspecified atom stereocenters. The summed E-state index contributed by atoms with van der Waals surface area (Å²) in [7, 11) is 0. The Balaban J connectivity index is 1.52. The number of cyclic esters (lactones) is 1. The molecule has 2 amide bonds. The third-order valence-electron chi connectivity index (χ3n) is 4.46. The minimum absolute atomic E-state index is 0.209. The Morgan fingerprint density at radius 2 is 2.14 bits per heavy atom. The van der Waals surface area contributed by atoms with E-state index in [1.165, 1.54) is 22.6 Å². The number of carbonyl (C=O) groups excluding carboxylic acids is 2. The number of pyridine rings is 1. The molecule has 0 saturated carbocycles. The predicted molar refractivity (Wildman–Crippen MR) is 103 cm³/mol. The highest BCUT2D eigenvalue weighted by Crippen LogP contribution is 2.26. The number of rotatable bonds is 5. The molecule has 9 heteroatoms. The average molecular weight is 395 g/mol. The van der Waals surface area contributed by atoms with Crippen molar-refractivity contribution in [1.82, 2.24) is 20.1 Å². The maximum Gasteiger partial charge on any atom is 0.414 e. The molecule has 1 N–H and O–H groups in total. The SMILES string of the molecule is CC(=O)NCC1CN(c2ccc(-n3ccc(-c4ccccn4)n3)c(F)c2)C(=O)O1. The van der Waals surface area contributed by atoms with E-state index >= 15 is 0 Å². The van der Waals surface area contributed by atoms with Gasteiger partial charge in [-0.1, -0.05) is 6.07 Å². The van der Waals surface area contributed by atoms with Crippen molar-refractivity contribution in [3.8, 4) is 17.1 Å². The van der Waals surface area contributed by atoms with Crippen molar-refractivity contribution in [1.29, 1.82) is 0 Å². The summed E-state index contributed by atoms with van der Waals surface area (Å²) in [4.78, 5) is 28.7. The molecule has 0 radical (unpaired) electrons. The highest BCUT2D eigenvalue weighted by atomic mass is 19.1. The van der Waals surface area contributed by atoms with Crippen molar-refractivity contribution in [2.45, 2.75) is 13.0 Å². The number of hydrogen-bond donors (Lipinski definition) is 1. The lowest BCUT2D eigenvalue weighted by Gasteiger charge is -2.14. The van der Waals surface area contributed by atoms with Gasteiger partial charge in [-0.05, 0) is 36.4 Å². The number of carbonyl (C=O) groups is 2. The van der Waals surface area contributed by atoms with Crippen LogP contribution in [0.25, 0.3) is 17.1 Å². The second-order valence-electron chi connectivity index (χ2n) is 6.55. The molecule has 1 aromatic carbocycles. The molecular weight excluding hydrogens is 377 g/mol. The Hall–Kier alpha value is -3.75. The Morgan fingerprint density at radius 3 is 2.86 bits per heavy atom. The zero-order valence-electron chi connectivity index (χ0n) is 15.6. The topological polar surface area (TPSA) is 89.4 Å². The van der Waals surface area contributed by atoms with Crippen LogP contribution in [0, 0.1) is 5.82 Å². The Bertz CT molecular complexity index is 1050.